The lowest BCUT2D eigenvalue weighted by Gasteiger charge is -2.33. The Morgan fingerprint density at radius 3 is 2.27 bits per heavy atom. The molecule has 0 aliphatic rings. The second-order valence-electron chi connectivity index (χ2n) is 9.15. The molecule has 0 bridgehead atoms. The van der Waals surface area contributed by atoms with Crippen molar-refractivity contribution in [2.45, 2.75) is 21.7 Å². The number of hydrogen-bond donors (Lipinski definition) is 1. The molecule has 3 aromatic carbocycles. The Bertz CT molecular complexity index is 1690. The van der Waals surface area contributed by atoms with Gasteiger partial charge >= 0.3 is 0 Å². The lowest BCUT2D eigenvalue weighted by atomic mass is 10.1. The summed E-state index contributed by atoms with van der Waals surface area (Å²) in [5.74, 6) is 0. The highest BCUT2D eigenvalue weighted by atomic mass is 32.3. The number of nitrogens with zero attached hydrogens (tertiary/aromatic N) is 2. The van der Waals surface area contributed by atoms with Crippen molar-refractivity contribution < 1.29 is 8.42 Å². The van der Waals surface area contributed by atoms with E-state index in [1.54, 1.807) is 42.2 Å². The van der Waals surface area contributed by atoms with Crippen molar-refractivity contribution in [3.8, 4) is 32.3 Å². The second kappa shape index (κ2) is 9.54. The highest BCUT2D eigenvalue weighted by Crippen LogP contribution is 2.43. The maximum atomic E-state index is 14.2. The Balaban J connectivity index is 1.68. The van der Waals surface area contributed by atoms with Gasteiger partial charge in [-0.1, -0.05) is 54.1 Å². The minimum atomic E-state index is -3.90. The Morgan fingerprint density at radius 2 is 1.59 bits per heavy atom. The Morgan fingerprint density at radius 1 is 0.865 bits per heavy atom. The molecule has 5 rings (SSSR count). The fourth-order valence-corrected chi connectivity index (χ4v) is 7.55. The van der Waals surface area contributed by atoms with E-state index in [4.69, 9.17) is 10.1 Å². The number of pyridine rings is 1. The summed E-state index contributed by atoms with van der Waals surface area (Å²) in [5.41, 5.74) is 4.74. The largest absolute Gasteiger partial charge is 0.263 e. The topological polar surface area (TPSA) is 85.9 Å². The molecule has 5 nitrogen and oxygen atoms in total. The third-order valence-electron chi connectivity index (χ3n) is 6.20. The van der Waals surface area contributed by atoms with Gasteiger partial charge in [-0.3, -0.25) is 13.6 Å². The Hall–Kier alpha value is -3.30. The summed E-state index contributed by atoms with van der Waals surface area (Å²) in [6.07, 6.45) is 4.89. The number of benzene rings is 3. The summed E-state index contributed by atoms with van der Waals surface area (Å²) in [4.78, 5) is 11.7. The fourth-order valence-electron chi connectivity index (χ4n) is 4.12. The molecule has 2 N–H and O–H groups in total. The third-order valence-corrected chi connectivity index (χ3v) is 11.0. The summed E-state index contributed by atoms with van der Waals surface area (Å²) < 4.78 is 26.0. The number of nitrogens with two attached hydrogens (primary N) is 1. The lowest BCUT2D eigenvalue weighted by molar-refractivity contribution is 0.656. The average Bonchev–Trinajstić information content (AvgIpc) is 3.35. The molecule has 8 heteroatoms. The standard InChI is InChI=1S/C29H27N3O2S3/c1-20-8-7-9-22(18-20)27-28(35-29(32-27)21-12-14-24(15-13-21)36(2)33)23-16-17-31-26(19-23)37(3,30,34)25-10-5-4-6-11-25/h4-19H,1-3H3,(H2,30,34). The molecule has 0 amide bonds. The van der Waals surface area contributed by atoms with E-state index in [9.17, 15) is 8.42 Å². The van der Waals surface area contributed by atoms with Crippen molar-refractivity contribution in [1.29, 1.82) is 0 Å². The van der Waals surface area contributed by atoms with Crippen LogP contribution in [-0.4, -0.2) is 30.9 Å². The van der Waals surface area contributed by atoms with E-state index < -0.39 is 20.1 Å². The summed E-state index contributed by atoms with van der Waals surface area (Å²) in [6, 6.07) is 28.6. The highest BCUT2D eigenvalue weighted by Gasteiger charge is 2.33. The molecule has 0 aliphatic carbocycles. The molecule has 2 heterocycles. The molecule has 0 radical (unpaired) electrons. The Labute approximate surface area is 223 Å². The quantitative estimate of drug-likeness (QED) is 0.270. The monoisotopic (exact) mass is 545 g/mol. The van der Waals surface area contributed by atoms with Gasteiger partial charge in [0.2, 0.25) is 0 Å². The van der Waals surface area contributed by atoms with E-state index in [0.29, 0.717) is 9.92 Å². The van der Waals surface area contributed by atoms with Crippen LogP contribution in [0.25, 0.3) is 32.3 Å². The predicted octanol–water partition coefficient (Wildman–Crippen LogP) is 6.33. The van der Waals surface area contributed by atoms with Crippen LogP contribution in [0.4, 0.5) is 0 Å². The molecule has 0 fully saturated rings. The maximum Gasteiger partial charge on any atom is 0.124 e. The smallest absolute Gasteiger partial charge is 0.124 e. The van der Waals surface area contributed by atoms with Gasteiger partial charge in [0.15, 0.2) is 0 Å². The third kappa shape index (κ3) is 4.98. The molecule has 0 spiro atoms. The molecule has 0 aliphatic heterocycles. The molecule has 1 atom stereocenters. The molecule has 37 heavy (non-hydrogen) atoms. The van der Waals surface area contributed by atoms with Crippen molar-refractivity contribution >= 4 is 31.4 Å². The Kier molecular flexibility index (Phi) is 6.53. The minimum absolute atomic E-state index is 0.334. The first-order chi connectivity index (χ1) is 17.6. The first-order valence-corrected chi connectivity index (χ1v) is 16.4. The molecule has 5 aromatic rings. The summed E-state index contributed by atoms with van der Waals surface area (Å²) in [7, 11) is -4.95. The number of aromatic nitrogens is 2. The molecule has 1 unspecified atom stereocenters. The zero-order valence-corrected chi connectivity index (χ0v) is 23.2. The van der Waals surface area contributed by atoms with Crippen LogP contribution in [0.1, 0.15) is 5.56 Å². The molecule has 0 saturated heterocycles. The van der Waals surface area contributed by atoms with Gasteiger partial charge in [0.25, 0.3) is 0 Å². The first kappa shape index (κ1) is 25.4. The van der Waals surface area contributed by atoms with Crippen LogP contribution in [0.3, 0.4) is 0 Å². The van der Waals surface area contributed by atoms with E-state index in [1.807, 2.05) is 66.7 Å². The van der Waals surface area contributed by atoms with Crippen molar-refractivity contribution in [1.82, 2.24) is 9.97 Å². The molecule has 2 aromatic heterocycles. The van der Waals surface area contributed by atoms with Gasteiger partial charge in [-0.15, -0.1) is 11.3 Å². The van der Waals surface area contributed by atoms with Crippen LogP contribution in [-0.2, 0) is 20.1 Å². The number of thiazole rings is 1. The number of rotatable bonds is 6. The van der Waals surface area contributed by atoms with E-state index >= 15 is 0 Å². The zero-order valence-electron chi connectivity index (χ0n) is 20.8. The fraction of sp³-hybridized carbons (Fsp3) is 0.103. The summed E-state index contributed by atoms with van der Waals surface area (Å²) in [6.45, 7) is 2.05. The molecule has 188 valence electrons. The van der Waals surface area contributed by atoms with Crippen LogP contribution < -0.4 is 5.14 Å². The average molecular weight is 546 g/mol. The van der Waals surface area contributed by atoms with Crippen LogP contribution in [0.5, 0.6) is 0 Å². The van der Waals surface area contributed by atoms with E-state index in [0.717, 1.165) is 42.7 Å². The van der Waals surface area contributed by atoms with Crippen molar-refractivity contribution in [2.75, 3.05) is 12.5 Å². The van der Waals surface area contributed by atoms with Crippen molar-refractivity contribution in [3.63, 3.8) is 0 Å². The number of hydrogen-bond acceptors (Lipinski definition) is 5. The summed E-state index contributed by atoms with van der Waals surface area (Å²) >= 11 is 1.55. The van der Waals surface area contributed by atoms with Gasteiger partial charge < -0.3 is 0 Å². The van der Waals surface area contributed by atoms with Gasteiger partial charge in [0.1, 0.15) is 10.0 Å². The lowest BCUT2D eigenvalue weighted by Crippen LogP contribution is -2.42. The molecular formula is C29H27N3O2S3. The molecule has 0 saturated carbocycles. The highest BCUT2D eigenvalue weighted by molar-refractivity contribution is 8.17. The van der Waals surface area contributed by atoms with Gasteiger partial charge in [-0.05, 0) is 55.0 Å². The van der Waals surface area contributed by atoms with Crippen LogP contribution in [0.2, 0.25) is 0 Å². The van der Waals surface area contributed by atoms with E-state index in [-0.39, 0.29) is 0 Å². The second-order valence-corrected chi connectivity index (χ2v) is 15.2. The predicted molar refractivity (Wildman–Crippen MR) is 155 cm³/mol. The van der Waals surface area contributed by atoms with E-state index in [2.05, 4.69) is 24.0 Å². The van der Waals surface area contributed by atoms with Crippen molar-refractivity contribution in [3.05, 3.63) is 103 Å². The van der Waals surface area contributed by atoms with Crippen LogP contribution in [0.15, 0.2) is 112 Å². The number of aryl methyl sites for hydroxylation is 1. The zero-order chi connectivity index (χ0) is 26.2. The van der Waals surface area contributed by atoms with Gasteiger partial charge in [-0.25, -0.2) is 9.97 Å². The first-order valence-electron chi connectivity index (χ1n) is 11.6. The normalized spacial score (nSPS) is 13.6. The summed E-state index contributed by atoms with van der Waals surface area (Å²) in [5, 5.41) is 7.78. The molecular weight excluding hydrogens is 519 g/mol. The van der Waals surface area contributed by atoms with Gasteiger partial charge in [0, 0.05) is 59.7 Å². The maximum absolute atomic E-state index is 14.2. The van der Waals surface area contributed by atoms with Crippen LogP contribution in [0, 0.1) is 6.92 Å². The SMILES string of the molecule is Cc1cccc(-c2nc(-c3ccc(S(C)=O)cc3)sc2-c2ccnc(S(C)(N)(=O)c3ccccc3)c2)c1. The van der Waals surface area contributed by atoms with Crippen molar-refractivity contribution in [2.24, 2.45) is 5.14 Å². The van der Waals surface area contributed by atoms with E-state index in [1.165, 1.54) is 0 Å². The van der Waals surface area contributed by atoms with Gasteiger partial charge in [-0.2, -0.15) is 0 Å². The van der Waals surface area contributed by atoms with Crippen LogP contribution >= 0.6 is 11.3 Å². The van der Waals surface area contributed by atoms with Gasteiger partial charge in [0.05, 0.1) is 10.6 Å². The minimum Gasteiger partial charge on any atom is -0.263 e.